The van der Waals surface area contributed by atoms with Gasteiger partial charge in [-0.15, -0.1) is 0 Å². The number of piperidine rings is 3. The SMILES string of the molecule is FC(F)Oc1ccc2nc(NC3=NC[C@@]4(CN5CCC4CC5)O3)sc2n1. The zero-order valence-corrected chi connectivity index (χ0v) is 14.6. The van der Waals surface area contributed by atoms with Crippen molar-refractivity contribution >= 4 is 32.8 Å². The highest BCUT2D eigenvalue weighted by Gasteiger charge is 2.51. The summed E-state index contributed by atoms with van der Waals surface area (Å²) in [4.78, 5) is 15.9. The lowest BCUT2D eigenvalue weighted by molar-refractivity contribution is -0.0829. The first kappa shape index (κ1) is 16.1. The van der Waals surface area contributed by atoms with Crippen LogP contribution in [0.4, 0.5) is 13.9 Å². The summed E-state index contributed by atoms with van der Waals surface area (Å²) >= 11 is 1.25. The van der Waals surface area contributed by atoms with Crippen LogP contribution in [0.5, 0.6) is 5.88 Å². The summed E-state index contributed by atoms with van der Waals surface area (Å²) in [5.41, 5.74) is 0.390. The number of aliphatic imine (C=N–C) groups is 1. The lowest BCUT2D eigenvalue weighted by Gasteiger charge is -2.50. The van der Waals surface area contributed by atoms with E-state index >= 15 is 0 Å². The van der Waals surface area contributed by atoms with Crippen LogP contribution in [-0.4, -0.2) is 59.3 Å². The van der Waals surface area contributed by atoms with E-state index in [4.69, 9.17) is 4.74 Å². The normalized spacial score (nSPS) is 30.0. The van der Waals surface area contributed by atoms with Gasteiger partial charge in [0.05, 0.1) is 6.54 Å². The van der Waals surface area contributed by atoms with Crippen LogP contribution in [-0.2, 0) is 4.74 Å². The Labute approximate surface area is 152 Å². The van der Waals surface area contributed by atoms with Gasteiger partial charge in [0.25, 0.3) is 6.02 Å². The molecule has 3 fully saturated rings. The van der Waals surface area contributed by atoms with Gasteiger partial charge in [-0.1, -0.05) is 11.3 Å². The molecule has 2 aromatic rings. The Balaban J connectivity index is 1.31. The van der Waals surface area contributed by atoms with Crippen LogP contribution in [0.2, 0.25) is 0 Å². The molecule has 7 nitrogen and oxygen atoms in total. The molecule has 4 aliphatic heterocycles. The average molecular weight is 381 g/mol. The van der Waals surface area contributed by atoms with Crippen molar-refractivity contribution in [3.8, 4) is 5.88 Å². The minimum absolute atomic E-state index is 0.122. The van der Waals surface area contributed by atoms with Crippen molar-refractivity contribution in [2.75, 3.05) is 31.5 Å². The van der Waals surface area contributed by atoms with Crippen LogP contribution in [0.1, 0.15) is 12.8 Å². The quantitative estimate of drug-likeness (QED) is 0.881. The molecule has 2 bridgehead atoms. The highest BCUT2D eigenvalue weighted by Crippen LogP contribution is 2.41. The molecule has 0 unspecified atom stereocenters. The molecule has 138 valence electrons. The minimum atomic E-state index is -2.90. The zero-order valence-electron chi connectivity index (χ0n) is 13.8. The molecule has 0 amide bonds. The van der Waals surface area contributed by atoms with Crippen LogP contribution >= 0.6 is 11.3 Å². The maximum atomic E-state index is 12.3. The van der Waals surface area contributed by atoms with Crippen molar-refractivity contribution in [3.63, 3.8) is 0 Å². The highest BCUT2D eigenvalue weighted by molar-refractivity contribution is 7.21. The second-order valence-electron chi connectivity index (χ2n) is 6.83. The first-order valence-electron chi connectivity index (χ1n) is 8.55. The van der Waals surface area contributed by atoms with E-state index in [1.165, 1.54) is 17.4 Å². The number of aromatic nitrogens is 2. The first-order chi connectivity index (χ1) is 12.6. The number of halogens is 2. The molecular formula is C16H17F2N5O2S. The fourth-order valence-electron chi connectivity index (χ4n) is 4.05. The Morgan fingerprint density at radius 1 is 1.31 bits per heavy atom. The number of rotatable bonds is 3. The van der Waals surface area contributed by atoms with Gasteiger partial charge in [0.2, 0.25) is 5.88 Å². The van der Waals surface area contributed by atoms with Crippen molar-refractivity contribution in [3.05, 3.63) is 12.1 Å². The molecule has 0 aliphatic carbocycles. The van der Waals surface area contributed by atoms with Crippen LogP contribution in [0.25, 0.3) is 10.3 Å². The van der Waals surface area contributed by atoms with Crippen molar-refractivity contribution in [2.24, 2.45) is 10.9 Å². The van der Waals surface area contributed by atoms with Crippen molar-refractivity contribution in [2.45, 2.75) is 25.1 Å². The molecule has 10 heteroatoms. The number of pyridine rings is 1. The van der Waals surface area contributed by atoms with E-state index in [9.17, 15) is 8.78 Å². The number of thiazole rings is 1. The predicted octanol–water partition coefficient (Wildman–Crippen LogP) is 2.56. The molecule has 1 N–H and O–H groups in total. The summed E-state index contributed by atoms with van der Waals surface area (Å²) in [5.74, 6) is 0.421. The van der Waals surface area contributed by atoms with E-state index in [1.54, 1.807) is 6.07 Å². The summed E-state index contributed by atoms with van der Waals surface area (Å²) in [6, 6.07) is 3.46. The van der Waals surface area contributed by atoms with Crippen LogP contribution in [0, 0.1) is 5.92 Å². The lowest BCUT2D eigenvalue weighted by Crippen LogP contribution is -2.61. The highest BCUT2D eigenvalue weighted by atomic mass is 32.1. The molecule has 1 atom stereocenters. The summed E-state index contributed by atoms with van der Waals surface area (Å²) in [7, 11) is 0. The number of ether oxygens (including phenoxy) is 2. The molecule has 3 saturated heterocycles. The molecule has 2 aromatic heterocycles. The van der Waals surface area contributed by atoms with Gasteiger partial charge in [-0.2, -0.15) is 8.78 Å². The third kappa shape index (κ3) is 2.77. The van der Waals surface area contributed by atoms with E-state index in [1.807, 2.05) is 0 Å². The largest absolute Gasteiger partial charge is 0.455 e. The maximum Gasteiger partial charge on any atom is 0.388 e. The number of alkyl halides is 2. The van der Waals surface area contributed by atoms with E-state index in [0.29, 0.717) is 34.0 Å². The van der Waals surface area contributed by atoms with Crippen LogP contribution in [0.15, 0.2) is 17.1 Å². The predicted molar refractivity (Wildman–Crippen MR) is 93.0 cm³/mol. The molecule has 6 rings (SSSR count). The third-order valence-electron chi connectivity index (χ3n) is 5.27. The van der Waals surface area contributed by atoms with Gasteiger partial charge in [-0.3, -0.25) is 10.2 Å². The molecule has 0 aromatic carbocycles. The summed E-state index contributed by atoms with van der Waals surface area (Å²) in [6.45, 7) is 0.967. The Morgan fingerprint density at radius 3 is 2.88 bits per heavy atom. The van der Waals surface area contributed by atoms with Gasteiger partial charge >= 0.3 is 6.61 Å². The van der Waals surface area contributed by atoms with Crippen LogP contribution in [0.3, 0.4) is 0 Å². The topological polar surface area (TPSA) is 71.9 Å². The number of nitrogens with zero attached hydrogens (tertiary/aromatic N) is 4. The number of nitrogens with one attached hydrogen (secondary N) is 1. The maximum absolute atomic E-state index is 12.3. The second kappa shape index (κ2) is 5.98. The Kier molecular flexibility index (Phi) is 3.71. The average Bonchev–Trinajstić information content (AvgIpc) is 3.19. The molecule has 0 saturated carbocycles. The number of anilines is 1. The fourth-order valence-corrected chi connectivity index (χ4v) is 4.87. The number of fused-ring (bicyclic) bond motifs is 3. The Hall–Kier alpha value is -2.07. The van der Waals surface area contributed by atoms with Crippen molar-refractivity contribution < 1.29 is 18.3 Å². The second-order valence-corrected chi connectivity index (χ2v) is 7.81. The van der Waals surface area contributed by atoms with Gasteiger partial charge in [0, 0.05) is 18.5 Å². The van der Waals surface area contributed by atoms with Crippen LogP contribution < -0.4 is 10.1 Å². The van der Waals surface area contributed by atoms with Gasteiger partial charge in [0.1, 0.15) is 15.9 Å². The number of amidine groups is 1. The smallest absolute Gasteiger partial charge is 0.388 e. The van der Waals surface area contributed by atoms with Crippen molar-refractivity contribution in [1.29, 1.82) is 0 Å². The standard InChI is InChI=1S/C16H17F2N5O2S/c17-13(18)24-11-2-1-10-12(21-11)26-15(20-10)22-14-19-7-16(25-14)8-23-5-3-9(16)4-6-23/h1-2,9,13H,3-8H2,(H,19,20,22)/t16-/m0/s1. The van der Waals surface area contributed by atoms with Gasteiger partial charge in [0.15, 0.2) is 5.13 Å². The number of hydrogen-bond donors (Lipinski definition) is 1. The molecular weight excluding hydrogens is 364 g/mol. The molecule has 6 heterocycles. The third-order valence-corrected chi connectivity index (χ3v) is 6.15. The first-order valence-corrected chi connectivity index (χ1v) is 9.37. The summed E-state index contributed by atoms with van der Waals surface area (Å²) < 4.78 is 35.2. The van der Waals surface area contributed by atoms with E-state index in [0.717, 1.165) is 32.5 Å². The minimum Gasteiger partial charge on any atom is -0.455 e. The molecule has 26 heavy (non-hydrogen) atoms. The van der Waals surface area contributed by atoms with E-state index in [2.05, 4.69) is 29.9 Å². The zero-order chi connectivity index (χ0) is 17.7. The fraction of sp³-hybridized carbons (Fsp3) is 0.562. The summed E-state index contributed by atoms with van der Waals surface area (Å²) in [6.07, 6.45) is 2.31. The van der Waals surface area contributed by atoms with E-state index in [-0.39, 0.29) is 11.5 Å². The molecule has 1 spiro atoms. The monoisotopic (exact) mass is 381 g/mol. The lowest BCUT2D eigenvalue weighted by atomic mass is 9.75. The van der Waals surface area contributed by atoms with Gasteiger partial charge < -0.3 is 9.47 Å². The number of hydrogen-bond acceptors (Lipinski definition) is 8. The molecule has 4 aliphatic rings. The Morgan fingerprint density at radius 2 is 2.15 bits per heavy atom. The summed E-state index contributed by atoms with van der Waals surface area (Å²) in [5, 5.41) is 3.68. The molecule has 0 radical (unpaired) electrons. The van der Waals surface area contributed by atoms with E-state index < -0.39 is 6.61 Å². The van der Waals surface area contributed by atoms with Crippen molar-refractivity contribution in [1.82, 2.24) is 14.9 Å². The van der Waals surface area contributed by atoms with Gasteiger partial charge in [-0.25, -0.2) is 15.0 Å². The van der Waals surface area contributed by atoms with Gasteiger partial charge in [-0.05, 0) is 32.0 Å². The Bertz CT molecular complexity index is 867.